The van der Waals surface area contributed by atoms with E-state index in [1.807, 2.05) is 24.3 Å². The van der Waals surface area contributed by atoms with Crippen molar-refractivity contribution >= 4 is 39.0 Å². The number of hydrogen-bond acceptors (Lipinski definition) is 6. The number of carbonyl (C=O) groups excluding carboxylic acids is 2. The van der Waals surface area contributed by atoms with Crippen LogP contribution in [0, 0.1) is 16.0 Å². The molecule has 0 saturated carbocycles. The molecule has 1 N–H and O–H groups in total. The summed E-state index contributed by atoms with van der Waals surface area (Å²) in [5.41, 5.74) is 1.52. The largest absolute Gasteiger partial charge is 0.497 e. The molecule has 6 rings (SSSR count). The van der Waals surface area contributed by atoms with Crippen LogP contribution in [0.2, 0.25) is 0 Å². The van der Waals surface area contributed by atoms with E-state index in [1.165, 1.54) is 12.1 Å². The monoisotopic (exact) mass is 561 g/mol. The van der Waals surface area contributed by atoms with Crippen LogP contribution in [0.25, 0.3) is 0 Å². The molecule has 3 heterocycles. The molecule has 2 saturated heterocycles. The predicted molar refractivity (Wildman–Crippen MR) is 141 cm³/mol. The molecule has 2 fully saturated rings. The average Bonchev–Trinajstić information content (AvgIpc) is 3.57. The summed E-state index contributed by atoms with van der Waals surface area (Å²) in [7, 11) is 1.58. The summed E-state index contributed by atoms with van der Waals surface area (Å²) in [5.74, 6) is -0.811. The number of fused-ring (bicyclic) bond motifs is 4. The van der Waals surface area contributed by atoms with Gasteiger partial charge >= 0.3 is 0 Å². The molecular weight excluding hydrogens is 538 g/mol. The van der Waals surface area contributed by atoms with Crippen LogP contribution in [0.1, 0.15) is 40.2 Å². The van der Waals surface area contributed by atoms with E-state index in [-0.39, 0.29) is 29.3 Å². The van der Waals surface area contributed by atoms with Crippen molar-refractivity contribution in [1.82, 2.24) is 4.90 Å². The third-order valence-corrected chi connectivity index (χ3v) is 8.64. The molecule has 3 unspecified atom stereocenters. The van der Waals surface area contributed by atoms with Gasteiger partial charge in [-0.3, -0.25) is 24.6 Å². The Bertz CT molecular complexity index is 1420. The van der Waals surface area contributed by atoms with Gasteiger partial charge in [0.15, 0.2) is 5.78 Å². The van der Waals surface area contributed by atoms with Crippen molar-refractivity contribution in [3.63, 3.8) is 0 Å². The van der Waals surface area contributed by atoms with Crippen LogP contribution in [-0.4, -0.2) is 41.2 Å². The van der Waals surface area contributed by atoms with Gasteiger partial charge in [-0.15, -0.1) is 0 Å². The number of methoxy groups -OCH3 is 1. The maximum atomic E-state index is 14.5. The highest BCUT2D eigenvalue weighted by Gasteiger charge is 2.69. The van der Waals surface area contributed by atoms with Crippen molar-refractivity contribution in [2.75, 3.05) is 19.0 Å². The summed E-state index contributed by atoms with van der Waals surface area (Å²) in [4.78, 5) is 41.6. The molecule has 1 amide bonds. The first-order chi connectivity index (χ1) is 17.9. The van der Waals surface area contributed by atoms with E-state index < -0.39 is 16.4 Å². The Labute approximate surface area is 221 Å². The van der Waals surface area contributed by atoms with Crippen molar-refractivity contribution in [3.8, 4) is 5.75 Å². The van der Waals surface area contributed by atoms with E-state index in [9.17, 15) is 19.7 Å². The number of nitro benzene ring substituents is 1. The second kappa shape index (κ2) is 8.78. The van der Waals surface area contributed by atoms with Crippen LogP contribution in [0.5, 0.6) is 5.75 Å². The number of ketones is 1. The number of nitrogens with zero attached hydrogens (tertiary/aromatic N) is 2. The molecule has 37 heavy (non-hydrogen) atoms. The Morgan fingerprint density at radius 3 is 2.54 bits per heavy atom. The van der Waals surface area contributed by atoms with Gasteiger partial charge < -0.3 is 10.1 Å². The highest BCUT2D eigenvalue weighted by molar-refractivity contribution is 9.10. The lowest BCUT2D eigenvalue weighted by Crippen LogP contribution is -2.52. The van der Waals surface area contributed by atoms with Gasteiger partial charge in [-0.2, -0.15) is 0 Å². The van der Waals surface area contributed by atoms with Gasteiger partial charge in [0.2, 0.25) is 5.91 Å². The van der Waals surface area contributed by atoms with Crippen LogP contribution in [0.3, 0.4) is 0 Å². The van der Waals surface area contributed by atoms with Crippen LogP contribution >= 0.6 is 15.9 Å². The van der Waals surface area contributed by atoms with Gasteiger partial charge in [-0.1, -0.05) is 40.2 Å². The normalized spacial score (nSPS) is 26.1. The van der Waals surface area contributed by atoms with Gasteiger partial charge in [0, 0.05) is 45.4 Å². The number of hydrogen-bond donors (Lipinski definition) is 1. The third-order valence-electron chi connectivity index (χ3n) is 8.11. The fourth-order valence-electron chi connectivity index (χ4n) is 6.65. The van der Waals surface area contributed by atoms with E-state index in [0.29, 0.717) is 23.5 Å². The van der Waals surface area contributed by atoms with Gasteiger partial charge in [0.1, 0.15) is 11.3 Å². The van der Waals surface area contributed by atoms with Crippen molar-refractivity contribution < 1.29 is 19.2 Å². The number of nitro groups is 1. The van der Waals surface area contributed by atoms with Gasteiger partial charge in [0.05, 0.1) is 18.0 Å². The lowest BCUT2D eigenvalue weighted by molar-refractivity contribution is -0.384. The van der Waals surface area contributed by atoms with Crippen LogP contribution in [0.15, 0.2) is 71.2 Å². The SMILES string of the molecule is COc1ccc2c(c1)[C@]1(C(=O)N2)C(C(=O)c2ccc(Br)cc2)C(c2ccc([N+](=O)[O-])cc2)C2CCCN21. The Hall–Kier alpha value is -3.56. The quantitative estimate of drug-likeness (QED) is 0.258. The van der Waals surface area contributed by atoms with Crippen molar-refractivity contribution in [3.05, 3.63) is 98.0 Å². The Balaban J connectivity index is 1.59. The van der Waals surface area contributed by atoms with Gasteiger partial charge in [-0.05, 0) is 55.3 Å². The minimum atomic E-state index is -1.22. The zero-order valence-electron chi connectivity index (χ0n) is 20.0. The molecule has 1 spiro atoms. The number of non-ortho nitro benzene ring substituents is 1. The maximum absolute atomic E-state index is 14.5. The molecule has 188 valence electrons. The lowest BCUT2D eigenvalue weighted by atomic mass is 9.68. The highest BCUT2D eigenvalue weighted by atomic mass is 79.9. The zero-order chi connectivity index (χ0) is 25.9. The second-order valence-electron chi connectivity index (χ2n) is 9.76. The molecule has 8 nitrogen and oxygen atoms in total. The standard InChI is InChI=1S/C28H24BrN3O5/c1-37-20-12-13-22-21(15-20)28(27(34)30-22)25(26(33)17-4-8-18(29)9-5-17)24(23-3-2-14-31(23)28)16-6-10-19(11-7-16)32(35)36/h4-13,15,23-25H,2-3,14H2,1H3,(H,30,34)/t23?,24?,25?,28-/m1/s1. The molecule has 9 heteroatoms. The summed E-state index contributed by atoms with van der Waals surface area (Å²) in [6.45, 7) is 0.669. The van der Waals surface area contributed by atoms with E-state index >= 15 is 0 Å². The predicted octanol–water partition coefficient (Wildman–Crippen LogP) is 5.27. The minimum Gasteiger partial charge on any atom is -0.497 e. The summed E-state index contributed by atoms with van der Waals surface area (Å²) < 4.78 is 6.37. The first-order valence-corrected chi connectivity index (χ1v) is 13.0. The molecule has 0 aliphatic carbocycles. The summed E-state index contributed by atoms with van der Waals surface area (Å²) in [6.07, 6.45) is 1.71. The average molecular weight is 562 g/mol. The fraction of sp³-hybridized carbons (Fsp3) is 0.286. The molecule has 0 bridgehead atoms. The number of ether oxygens (including phenoxy) is 1. The smallest absolute Gasteiger partial charge is 0.269 e. The van der Waals surface area contributed by atoms with Crippen LogP contribution in [0.4, 0.5) is 11.4 Å². The van der Waals surface area contributed by atoms with Crippen molar-refractivity contribution in [1.29, 1.82) is 0 Å². The molecule has 3 aliphatic heterocycles. The molecule has 3 aromatic carbocycles. The first-order valence-electron chi connectivity index (χ1n) is 12.2. The summed E-state index contributed by atoms with van der Waals surface area (Å²) in [6, 6.07) is 19.0. The maximum Gasteiger partial charge on any atom is 0.269 e. The summed E-state index contributed by atoms with van der Waals surface area (Å²) >= 11 is 3.44. The molecule has 0 radical (unpaired) electrons. The first kappa shape index (κ1) is 23.8. The van der Waals surface area contributed by atoms with E-state index in [0.717, 1.165) is 28.4 Å². The number of rotatable bonds is 5. The Morgan fingerprint density at radius 2 is 1.86 bits per heavy atom. The molecule has 3 aromatic rings. The molecule has 3 aliphatic rings. The zero-order valence-corrected chi connectivity index (χ0v) is 21.6. The number of benzene rings is 3. The number of amides is 1. The minimum absolute atomic E-state index is 0.00999. The lowest BCUT2D eigenvalue weighted by Gasteiger charge is -2.37. The second-order valence-corrected chi connectivity index (χ2v) is 10.7. The summed E-state index contributed by atoms with van der Waals surface area (Å²) in [5, 5.41) is 14.4. The number of Topliss-reactive ketones (excluding diaryl/α,β-unsaturated/α-hetero) is 1. The van der Waals surface area contributed by atoms with Crippen molar-refractivity contribution in [2.24, 2.45) is 5.92 Å². The van der Waals surface area contributed by atoms with Crippen LogP contribution < -0.4 is 10.1 Å². The molecule has 4 atom stereocenters. The van der Waals surface area contributed by atoms with Gasteiger partial charge in [-0.25, -0.2) is 0 Å². The molecule has 0 aromatic heterocycles. The Kier molecular flexibility index (Phi) is 5.65. The van der Waals surface area contributed by atoms with E-state index in [1.54, 1.807) is 37.4 Å². The topological polar surface area (TPSA) is 102 Å². The third kappa shape index (κ3) is 3.44. The fourth-order valence-corrected chi connectivity index (χ4v) is 6.92. The number of nitrogens with one attached hydrogen (secondary N) is 1. The number of anilines is 1. The molecular formula is C28H24BrN3O5. The number of carbonyl (C=O) groups is 2. The highest BCUT2D eigenvalue weighted by Crippen LogP contribution is 2.61. The number of halogens is 1. The van der Waals surface area contributed by atoms with Gasteiger partial charge in [0.25, 0.3) is 5.69 Å². The van der Waals surface area contributed by atoms with E-state index in [2.05, 4.69) is 26.1 Å². The Morgan fingerprint density at radius 1 is 1.14 bits per heavy atom. The van der Waals surface area contributed by atoms with E-state index in [4.69, 9.17) is 4.74 Å². The van der Waals surface area contributed by atoms with Crippen LogP contribution in [-0.2, 0) is 10.3 Å². The van der Waals surface area contributed by atoms with Crippen molar-refractivity contribution in [2.45, 2.75) is 30.3 Å².